The molecule has 1 aromatic heterocycles. The highest BCUT2D eigenvalue weighted by Gasteiger charge is 2.42. The highest BCUT2D eigenvalue weighted by atomic mass is 32.2. The first-order chi connectivity index (χ1) is 13.2. The quantitative estimate of drug-likeness (QED) is 0.721. The number of likely N-dealkylation sites (tertiary alicyclic amines) is 1. The van der Waals surface area contributed by atoms with Gasteiger partial charge in [0.25, 0.3) is 10.0 Å². The van der Waals surface area contributed by atoms with Crippen molar-refractivity contribution in [2.45, 2.75) is 83.0 Å². The highest BCUT2D eigenvalue weighted by Crippen LogP contribution is 2.36. The van der Waals surface area contributed by atoms with Crippen molar-refractivity contribution in [2.75, 3.05) is 11.9 Å². The molecule has 9 heteroatoms. The van der Waals surface area contributed by atoms with E-state index in [1.165, 1.54) is 6.07 Å². The number of pyridine rings is 1. The molecular weight excluding hydrogens is 392 g/mol. The Balaban J connectivity index is 1.91. The standard InChI is InChI=1S/C20H34N4O4S/c1-14(22-16-8-7-9-17(23-16)29(21,26)27)10-11-15-12-20(5,6)24(13-15)18(25)28-19(2,3)4/h7-9,14-15H,10-13H2,1-6H3,(H,22,23)(H2,21,26,27). The fraction of sp³-hybridized carbons (Fsp3) is 0.700. The van der Waals surface area contributed by atoms with Crippen LogP contribution in [0, 0.1) is 5.92 Å². The molecule has 0 saturated carbocycles. The Morgan fingerprint density at radius 3 is 2.66 bits per heavy atom. The van der Waals surface area contributed by atoms with E-state index in [0.29, 0.717) is 18.3 Å². The zero-order valence-corrected chi connectivity index (χ0v) is 19.0. The molecule has 1 fully saturated rings. The van der Waals surface area contributed by atoms with Gasteiger partial charge in [0.2, 0.25) is 0 Å². The largest absolute Gasteiger partial charge is 0.444 e. The van der Waals surface area contributed by atoms with Crippen LogP contribution in [0.1, 0.15) is 60.8 Å². The average molecular weight is 427 g/mol. The number of ether oxygens (including phenoxy) is 1. The Morgan fingerprint density at radius 2 is 2.07 bits per heavy atom. The monoisotopic (exact) mass is 426 g/mol. The number of carbonyl (C=O) groups excluding carboxylic acids is 1. The minimum atomic E-state index is -3.83. The predicted molar refractivity (Wildman–Crippen MR) is 113 cm³/mol. The molecule has 1 amide bonds. The van der Waals surface area contributed by atoms with Gasteiger partial charge in [-0.2, -0.15) is 0 Å². The molecular formula is C20H34N4O4S. The van der Waals surface area contributed by atoms with Crippen molar-refractivity contribution in [3.8, 4) is 0 Å². The summed E-state index contributed by atoms with van der Waals surface area (Å²) in [5, 5.41) is 8.21. The SMILES string of the molecule is CC(CCC1CN(C(=O)OC(C)(C)C)C(C)(C)C1)Nc1cccc(S(N)(=O)=O)n1. The number of carbonyl (C=O) groups is 1. The molecule has 29 heavy (non-hydrogen) atoms. The van der Waals surface area contributed by atoms with Gasteiger partial charge < -0.3 is 15.0 Å². The summed E-state index contributed by atoms with van der Waals surface area (Å²) in [6.45, 7) is 12.5. The van der Waals surface area contributed by atoms with Gasteiger partial charge in [0.05, 0.1) is 0 Å². The van der Waals surface area contributed by atoms with Crippen LogP contribution in [0.25, 0.3) is 0 Å². The Hall–Kier alpha value is -1.87. The number of rotatable bonds is 6. The maximum absolute atomic E-state index is 12.5. The molecule has 1 aliphatic rings. The van der Waals surface area contributed by atoms with E-state index in [1.807, 2.05) is 32.6 Å². The Morgan fingerprint density at radius 1 is 1.41 bits per heavy atom. The van der Waals surface area contributed by atoms with Crippen LogP contribution in [0.2, 0.25) is 0 Å². The van der Waals surface area contributed by atoms with Gasteiger partial charge in [-0.05, 0) is 78.9 Å². The van der Waals surface area contributed by atoms with Crippen molar-refractivity contribution in [1.29, 1.82) is 0 Å². The first-order valence-electron chi connectivity index (χ1n) is 9.94. The minimum absolute atomic E-state index is 0.0944. The molecule has 2 unspecified atom stereocenters. The van der Waals surface area contributed by atoms with Crippen molar-refractivity contribution >= 4 is 21.9 Å². The van der Waals surface area contributed by atoms with Gasteiger partial charge in [0, 0.05) is 18.1 Å². The molecule has 2 heterocycles. The molecule has 0 radical (unpaired) electrons. The van der Waals surface area contributed by atoms with E-state index >= 15 is 0 Å². The second-order valence-corrected chi connectivity index (χ2v) is 11.0. The molecule has 1 aliphatic heterocycles. The number of primary sulfonamides is 1. The normalized spacial score (nSPS) is 20.4. The minimum Gasteiger partial charge on any atom is -0.444 e. The summed E-state index contributed by atoms with van der Waals surface area (Å²) in [5.41, 5.74) is -0.753. The van der Waals surface area contributed by atoms with Crippen molar-refractivity contribution < 1.29 is 17.9 Å². The fourth-order valence-electron chi connectivity index (χ4n) is 3.68. The number of nitrogens with two attached hydrogens (primary N) is 1. The molecule has 0 aliphatic carbocycles. The first-order valence-corrected chi connectivity index (χ1v) is 11.5. The molecule has 2 rings (SSSR count). The summed E-state index contributed by atoms with van der Waals surface area (Å²) in [5.74, 6) is 0.858. The molecule has 1 saturated heterocycles. The summed E-state index contributed by atoms with van der Waals surface area (Å²) in [7, 11) is -3.83. The Kier molecular flexibility index (Phi) is 6.84. The van der Waals surface area contributed by atoms with Crippen LogP contribution in [0.4, 0.5) is 10.6 Å². The molecule has 1 aromatic rings. The number of amides is 1. The zero-order chi connectivity index (χ0) is 22.0. The molecule has 2 atom stereocenters. The van der Waals surface area contributed by atoms with Crippen LogP contribution in [-0.4, -0.2) is 48.1 Å². The van der Waals surface area contributed by atoms with E-state index in [2.05, 4.69) is 24.1 Å². The number of anilines is 1. The number of sulfonamides is 1. The summed E-state index contributed by atoms with van der Waals surface area (Å²) in [6, 6.07) is 4.79. The number of nitrogens with zero attached hydrogens (tertiary/aromatic N) is 2. The van der Waals surface area contributed by atoms with E-state index < -0.39 is 15.6 Å². The van der Waals surface area contributed by atoms with Crippen molar-refractivity contribution in [3.05, 3.63) is 18.2 Å². The van der Waals surface area contributed by atoms with Crippen molar-refractivity contribution in [3.63, 3.8) is 0 Å². The number of aromatic nitrogens is 1. The zero-order valence-electron chi connectivity index (χ0n) is 18.2. The lowest BCUT2D eigenvalue weighted by Gasteiger charge is -2.33. The molecule has 0 aromatic carbocycles. The van der Waals surface area contributed by atoms with Gasteiger partial charge in [-0.1, -0.05) is 6.07 Å². The van der Waals surface area contributed by atoms with E-state index in [0.717, 1.165) is 19.3 Å². The first kappa shape index (κ1) is 23.4. The van der Waals surface area contributed by atoms with Crippen LogP contribution in [0.5, 0.6) is 0 Å². The molecule has 8 nitrogen and oxygen atoms in total. The third kappa shape index (κ3) is 6.85. The maximum Gasteiger partial charge on any atom is 0.410 e. The van der Waals surface area contributed by atoms with Crippen LogP contribution >= 0.6 is 0 Å². The third-order valence-corrected chi connectivity index (χ3v) is 5.80. The van der Waals surface area contributed by atoms with Gasteiger partial charge >= 0.3 is 6.09 Å². The summed E-state index contributed by atoms with van der Waals surface area (Å²) < 4.78 is 28.5. The number of hydrogen-bond acceptors (Lipinski definition) is 6. The second kappa shape index (κ2) is 8.47. The molecule has 3 N–H and O–H groups in total. The van der Waals surface area contributed by atoms with Crippen molar-refractivity contribution in [1.82, 2.24) is 9.88 Å². The second-order valence-electron chi connectivity index (χ2n) is 9.50. The maximum atomic E-state index is 12.5. The molecule has 164 valence electrons. The van der Waals surface area contributed by atoms with Crippen molar-refractivity contribution in [2.24, 2.45) is 11.1 Å². The van der Waals surface area contributed by atoms with Crippen LogP contribution < -0.4 is 10.5 Å². The van der Waals surface area contributed by atoms with Crippen LogP contribution in [-0.2, 0) is 14.8 Å². The van der Waals surface area contributed by atoms with Crippen LogP contribution in [0.15, 0.2) is 23.2 Å². The number of hydrogen-bond donors (Lipinski definition) is 2. The summed E-state index contributed by atoms with van der Waals surface area (Å²) in [4.78, 5) is 18.4. The van der Waals surface area contributed by atoms with Gasteiger partial charge in [-0.15, -0.1) is 0 Å². The average Bonchev–Trinajstić information content (AvgIpc) is 2.85. The summed E-state index contributed by atoms with van der Waals surface area (Å²) in [6.07, 6.45) is 2.45. The smallest absolute Gasteiger partial charge is 0.410 e. The molecule has 0 bridgehead atoms. The lowest BCUT2D eigenvalue weighted by molar-refractivity contribution is 0.0131. The lowest BCUT2D eigenvalue weighted by atomic mass is 9.92. The highest BCUT2D eigenvalue weighted by molar-refractivity contribution is 7.89. The van der Waals surface area contributed by atoms with E-state index in [1.54, 1.807) is 12.1 Å². The third-order valence-electron chi connectivity index (χ3n) is 4.99. The Labute approximate surface area is 174 Å². The summed E-state index contributed by atoms with van der Waals surface area (Å²) >= 11 is 0. The van der Waals surface area contributed by atoms with Gasteiger partial charge in [0.1, 0.15) is 11.4 Å². The fourth-order valence-corrected chi connectivity index (χ4v) is 4.18. The number of nitrogens with one attached hydrogen (secondary N) is 1. The predicted octanol–water partition coefficient (Wildman–Crippen LogP) is 3.35. The topological polar surface area (TPSA) is 115 Å². The molecule has 0 spiro atoms. The van der Waals surface area contributed by atoms with E-state index in [-0.39, 0.29) is 22.7 Å². The van der Waals surface area contributed by atoms with Gasteiger partial charge in [0.15, 0.2) is 5.03 Å². The Bertz CT molecular complexity index is 833. The van der Waals surface area contributed by atoms with Crippen LogP contribution in [0.3, 0.4) is 0 Å². The van der Waals surface area contributed by atoms with E-state index in [9.17, 15) is 13.2 Å². The van der Waals surface area contributed by atoms with Gasteiger partial charge in [-0.25, -0.2) is 23.3 Å². The lowest BCUT2D eigenvalue weighted by Crippen LogP contribution is -2.45. The van der Waals surface area contributed by atoms with Gasteiger partial charge in [-0.3, -0.25) is 0 Å². The van der Waals surface area contributed by atoms with E-state index in [4.69, 9.17) is 9.88 Å².